The third kappa shape index (κ3) is 2.77. The Morgan fingerprint density at radius 2 is 2.17 bits per heavy atom. The predicted octanol–water partition coefficient (Wildman–Crippen LogP) is 0.620. The molecule has 9 nitrogen and oxygen atoms in total. The number of fused-ring (bicyclic) bond motifs is 1. The largest absolute Gasteiger partial charge is 0.310 e. The Kier molecular flexibility index (Phi) is 3.77. The summed E-state index contributed by atoms with van der Waals surface area (Å²) in [5, 5.41) is 12.6. The van der Waals surface area contributed by atoms with E-state index in [1.807, 2.05) is 6.92 Å². The first kappa shape index (κ1) is 15.1. The van der Waals surface area contributed by atoms with E-state index in [0.717, 1.165) is 6.42 Å². The second kappa shape index (κ2) is 5.75. The van der Waals surface area contributed by atoms with Gasteiger partial charge in [0.2, 0.25) is 5.91 Å². The molecule has 1 atom stereocenters. The molecule has 9 heteroatoms. The van der Waals surface area contributed by atoms with E-state index in [9.17, 15) is 9.59 Å². The number of hydrazone groups is 1. The van der Waals surface area contributed by atoms with Gasteiger partial charge in [0.05, 0.1) is 5.69 Å². The molecule has 1 N–H and O–H groups in total. The average Bonchev–Trinajstić information content (AvgIpc) is 3.03. The number of hydrogen-bond donors (Lipinski definition) is 1. The van der Waals surface area contributed by atoms with Gasteiger partial charge >= 0.3 is 0 Å². The second-order valence-corrected chi connectivity index (χ2v) is 5.37. The Morgan fingerprint density at radius 3 is 2.91 bits per heavy atom. The zero-order valence-electron chi connectivity index (χ0n) is 13.1. The molecule has 0 saturated heterocycles. The van der Waals surface area contributed by atoms with Crippen LogP contribution in [0.4, 0.5) is 5.82 Å². The molecular formula is C14H17N7O2. The quantitative estimate of drug-likeness (QED) is 0.882. The lowest BCUT2D eigenvalue weighted by atomic mass is 10.1. The van der Waals surface area contributed by atoms with Gasteiger partial charge in [-0.2, -0.15) is 24.9 Å². The maximum atomic E-state index is 12.1. The van der Waals surface area contributed by atoms with Gasteiger partial charge in [0.1, 0.15) is 17.6 Å². The lowest BCUT2D eigenvalue weighted by Crippen LogP contribution is -2.35. The number of carbonyl (C=O) groups excluding carboxylic acids is 2. The molecule has 0 saturated carbocycles. The van der Waals surface area contributed by atoms with Crippen molar-refractivity contribution in [2.75, 3.05) is 12.4 Å². The second-order valence-electron chi connectivity index (χ2n) is 5.37. The van der Waals surface area contributed by atoms with Crippen molar-refractivity contribution in [3.05, 3.63) is 11.8 Å². The number of aryl methyl sites for hydroxylation is 1. The van der Waals surface area contributed by atoms with Gasteiger partial charge in [-0.3, -0.25) is 14.6 Å². The van der Waals surface area contributed by atoms with Crippen molar-refractivity contribution in [1.29, 1.82) is 0 Å². The molecule has 0 fully saturated rings. The Morgan fingerprint density at radius 1 is 1.39 bits per heavy atom. The highest BCUT2D eigenvalue weighted by Gasteiger charge is 2.35. The minimum Gasteiger partial charge on any atom is -0.310 e. The van der Waals surface area contributed by atoms with E-state index in [-0.39, 0.29) is 17.8 Å². The summed E-state index contributed by atoms with van der Waals surface area (Å²) in [5.74, 6) is 0.0493. The van der Waals surface area contributed by atoms with E-state index in [2.05, 4.69) is 25.5 Å². The van der Waals surface area contributed by atoms with Crippen molar-refractivity contribution < 1.29 is 9.59 Å². The number of anilines is 1. The Bertz CT molecular complexity index is 759. The molecule has 3 rings (SSSR count). The van der Waals surface area contributed by atoms with Gasteiger partial charge in [-0.15, -0.1) is 0 Å². The maximum absolute atomic E-state index is 12.1. The molecule has 2 aliphatic heterocycles. The molecule has 120 valence electrons. The van der Waals surface area contributed by atoms with Crippen molar-refractivity contribution in [1.82, 2.24) is 14.8 Å². The predicted molar refractivity (Wildman–Crippen MR) is 85.5 cm³/mol. The van der Waals surface area contributed by atoms with Crippen LogP contribution in [0.2, 0.25) is 0 Å². The monoisotopic (exact) mass is 315 g/mol. The first-order chi connectivity index (χ1) is 11.0. The van der Waals surface area contributed by atoms with Crippen LogP contribution in [0.3, 0.4) is 0 Å². The summed E-state index contributed by atoms with van der Waals surface area (Å²) in [6, 6.07) is 1.71. The highest BCUT2D eigenvalue weighted by molar-refractivity contribution is 6.24. The van der Waals surface area contributed by atoms with Gasteiger partial charge in [-0.1, -0.05) is 6.92 Å². The summed E-state index contributed by atoms with van der Waals surface area (Å²) >= 11 is 0. The number of aliphatic imine (C=N–C) groups is 2. The van der Waals surface area contributed by atoms with E-state index in [0.29, 0.717) is 23.8 Å². The topological polar surface area (TPSA) is 104 Å². The smallest absolute Gasteiger partial charge is 0.265 e. The van der Waals surface area contributed by atoms with Gasteiger partial charge in [0, 0.05) is 25.7 Å². The lowest BCUT2D eigenvalue weighted by molar-refractivity contribution is -0.118. The fraction of sp³-hybridized carbons (Fsp3) is 0.429. The lowest BCUT2D eigenvalue weighted by Gasteiger charge is -2.17. The molecule has 1 aromatic rings. The number of hydrogen-bond acceptors (Lipinski definition) is 6. The molecule has 0 spiro atoms. The van der Waals surface area contributed by atoms with E-state index in [4.69, 9.17) is 0 Å². The zero-order valence-corrected chi connectivity index (χ0v) is 13.1. The van der Waals surface area contributed by atoms with Gasteiger partial charge in [-0.05, 0) is 13.3 Å². The van der Waals surface area contributed by atoms with Gasteiger partial charge in [-0.25, -0.2) is 0 Å². The van der Waals surface area contributed by atoms with Crippen LogP contribution in [-0.4, -0.2) is 51.7 Å². The van der Waals surface area contributed by atoms with Crippen molar-refractivity contribution in [3.63, 3.8) is 0 Å². The Balaban J connectivity index is 1.95. The summed E-state index contributed by atoms with van der Waals surface area (Å²) in [5.41, 5.74) is 0.685. The van der Waals surface area contributed by atoms with Crippen LogP contribution in [0.5, 0.6) is 0 Å². The summed E-state index contributed by atoms with van der Waals surface area (Å²) in [4.78, 5) is 32.3. The molecule has 23 heavy (non-hydrogen) atoms. The van der Waals surface area contributed by atoms with Crippen LogP contribution < -0.4 is 5.32 Å². The minimum absolute atomic E-state index is 0.122. The standard InChI is InChI=1S/C14H17N7O2/c1-4-5-11(22)16-10-6-8(2)19-21(10)14-17-12-9(13(23)18-14)7-15-20(12)3/h6-7,9H,4-5H2,1-3H3,(H,16,22). The van der Waals surface area contributed by atoms with Gasteiger partial charge in [0.15, 0.2) is 0 Å². The fourth-order valence-corrected chi connectivity index (χ4v) is 2.37. The van der Waals surface area contributed by atoms with E-state index in [1.165, 1.54) is 15.9 Å². The zero-order chi connectivity index (χ0) is 16.6. The maximum Gasteiger partial charge on any atom is 0.265 e. The molecule has 0 aliphatic carbocycles. The van der Waals surface area contributed by atoms with Crippen molar-refractivity contribution in [2.45, 2.75) is 26.7 Å². The SMILES string of the molecule is CCCC(=O)Nc1cc(C)nn1C1=NC(=O)C2C=NN(C)C2=N1. The number of amides is 2. The number of aromatic nitrogens is 2. The van der Waals surface area contributed by atoms with Crippen LogP contribution in [-0.2, 0) is 9.59 Å². The van der Waals surface area contributed by atoms with Crippen LogP contribution >= 0.6 is 0 Å². The molecule has 0 bridgehead atoms. The van der Waals surface area contributed by atoms with Crippen molar-refractivity contribution in [3.8, 4) is 0 Å². The third-order valence-electron chi connectivity index (χ3n) is 3.45. The molecular weight excluding hydrogens is 298 g/mol. The van der Waals surface area contributed by atoms with Crippen LogP contribution in [0, 0.1) is 12.8 Å². The van der Waals surface area contributed by atoms with Crippen LogP contribution in [0.25, 0.3) is 0 Å². The summed E-state index contributed by atoms with van der Waals surface area (Å²) < 4.78 is 1.37. The number of rotatable bonds is 3. The third-order valence-corrected chi connectivity index (χ3v) is 3.45. The molecule has 2 amide bonds. The average molecular weight is 315 g/mol. The number of nitrogens with one attached hydrogen (secondary N) is 1. The first-order valence-electron chi connectivity index (χ1n) is 7.35. The van der Waals surface area contributed by atoms with E-state index < -0.39 is 5.92 Å². The highest BCUT2D eigenvalue weighted by Crippen LogP contribution is 2.19. The molecule has 0 aromatic carbocycles. The molecule has 1 aromatic heterocycles. The van der Waals surface area contributed by atoms with Gasteiger partial charge < -0.3 is 5.32 Å². The van der Waals surface area contributed by atoms with Gasteiger partial charge in [0.25, 0.3) is 11.9 Å². The summed E-state index contributed by atoms with van der Waals surface area (Å²) in [6.07, 6.45) is 2.66. The molecule has 1 unspecified atom stereocenters. The number of amidine groups is 1. The van der Waals surface area contributed by atoms with E-state index in [1.54, 1.807) is 20.0 Å². The van der Waals surface area contributed by atoms with Crippen molar-refractivity contribution in [2.24, 2.45) is 21.0 Å². The molecule has 2 aliphatic rings. The molecule has 0 radical (unpaired) electrons. The van der Waals surface area contributed by atoms with E-state index >= 15 is 0 Å². The Hall–Kier alpha value is -2.84. The highest BCUT2D eigenvalue weighted by atomic mass is 16.2. The van der Waals surface area contributed by atoms with Crippen molar-refractivity contribution >= 4 is 35.6 Å². The number of carbonyl (C=O) groups is 2. The van der Waals surface area contributed by atoms with Crippen LogP contribution in [0.1, 0.15) is 25.5 Å². The molecule has 3 heterocycles. The Labute approximate surface area is 132 Å². The number of nitrogens with zero attached hydrogens (tertiary/aromatic N) is 6. The summed E-state index contributed by atoms with van der Waals surface area (Å²) in [6.45, 7) is 3.71. The first-order valence-corrected chi connectivity index (χ1v) is 7.35. The normalized spacial score (nSPS) is 19.5. The fourth-order valence-electron chi connectivity index (χ4n) is 2.37. The van der Waals surface area contributed by atoms with Crippen LogP contribution in [0.15, 0.2) is 21.2 Å². The summed E-state index contributed by atoms with van der Waals surface area (Å²) in [7, 11) is 1.71. The minimum atomic E-state index is -0.543.